The standard InChI is InChI=1S/C12H23N3O3/c1-2-3-10(11(13)16)12(17)14-4-5-15-6-8-18-9-7-15/h10H,2-9H2,1H3,(H2,13,16)(H,14,17). The first kappa shape index (κ1) is 14.9. The Labute approximate surface area is 108 Å². The third kappa shape index (κ3) is 5.01. The molecule has 1 aliphatic rings. The monoisotopic (exact) mass is 257 g/mol. The molecule has 0 aliphatic carbocycles. The molecule has 0 bridgehead atoms. The van der Waals surface area contributed by atoms with Crippen molar-refractivity contribution in [2.75, 3.05) is 39.4 Å². The third-order valence-electron chi connectivity index (χ3n) is 3.07. The molecule has 1 saturated heterocycles. The second-order valence-electron chi connectivity index (χ2n) is 4.49. The van der Waals surface area contributed by atoms with E-state index in [1.54, 1.807) is 0 Å². The second-order valence-corrected chi connectivity index (χ2v) is 4.49. The zero-order chi connectivity index (χ0) is 13.4. The lowest BCUT2D eigenvalue weighted by molar-refractivity contribution is -0.133. The van der Waals surface area contributed by atoms with Crippen LogP contribution in [0.15, 0.2) is 0 Å². The van der Waals surface area contributed by atoms with Gasteiger partial charge in [-0.2, -0.15) is 0 Å². The molecule has 0 aromatic heterocycles. The Kier molecular flexibility index (Phi) is 6.67. The van der Waals surface area contributed by atoms with Gasteiger partial charge in [0.25, 0.3) is 0 Å². The smallest absolute Gasteiger partial charge is 0.232 e. The molecule has 104 valence electrons. The van der Waals surface area contributed by atoms with Gasteiger partial charge >= 0.3 is 0 Å². The molecule has 1 aliphatic heterocycles. The number of nitrogens with zero attached hydrogens (tertiary/aromatic N) is 1. The summed E-state index contributed by atoms with van der Waals surface area (Å²) in [7, 11) is 0. The lowest BCUT2D eigenvalue weighted by Crippen LogP contribution is -2.44. The summed E-state index contributed by atoms with van der Waals surface area (Å²) in [6.07, 6.45) is 1.28. The fraction of sp³-hybridized carbons (Fsp3) is 0.833. The van der Waals surface area contributed by atoms with Crippen molar-refractivity contribution in [2.24, 2.45) is 11.7 Å². The van der Waals surface area contributed by atoms with Crippen molar-refractivity contribution in [3.05, 3.63) is 0 Å². The molecule has 1 atom stereocenters. The van der Waals surface area contributed by atoms with Crippen molar-refractivity contribution < 1.29 is 14.3 Å². The number of carbonyl (C=O) groups is 2. The maximum Gasteiger partial charge on any atom is 0.232 e. The summed E-state index contributed by atoms with van der Waals surface area (Å²) >= 11 is 0. The Morgan fingerprint density at radius 2 is 2.06 bits per heavy atom. The molecule has 1 unspecified atom stereocenters. The van der Waals surface area contributed by atoms with Gasteiger partial charge in [-0.15, -0.1) is 0 Å². The number of rotatable bonds is 7. The fourth-order valence-electron chi connectivity index (χ4n) is 1.98. The number of ether oxygens (including phenoxy) is 1. The van der Waals surface area contributed by atoms with Crippen LogP contribution in [0.2, 0.25) is 0 Å². The first-order chi connectivity index (χ1) is 8.65. The largest absolute Gasteiger partial charge is 0.379 e. The minimum atomic E-state index is -0.695. The number of amides is 2. The highest BCUT2D eigenvalue weighted by molar-refractivity contribution is 5.99. The first-order valence-corrected chi connectivity index (χ1v) is 6.52. The van der Waals surface area contributed by atoms with Crippen LogP contribution in [0.25, 0.3) is 0 Å². The molecule has 0 saturated carbocycles. The van der Waals surface area contributed by atoms with Gasteiger partial charge in [0, 0.05) is 26.2 Å². The SMILES string of the molecule is CCCC(C(N)=O)C(=O)NCCN1CCOCC1. The van der Waals surface area contributed by atoms with Crippen LogP contribution in [-0.4, -0.2) is 56.1 Å². The molecular weight excluding hydrogens is 234 g/mol. The van der Waals surface area contributed by atoms with Gasteiger partial charge in [0.05, 0.1) is 13.2 Å². The lowest BCUT2D eigenvalue weighted by Gasteiger charge is -2.26. The minimum Gasteiger partial charge on any atom is -0.379 e. The number of hydrogen-bond acceptors (Lipinski definition) is 4. The molecule has 0 spiro atoms. The Morgan fingerprint density at radius 1 is 1.39 bits per heavy atom. The van der Waals surface area contributed by atoms with Crippen molar-refractivity contribution in [1.29, 1.82) is 0 Å². The molecule has 2 amide bonds. The number of morpholine rings is 1. The van der Waals surface area contributed by atoms with Crippen LogP contribution < -0.4 is 11.1 Å². The summed E-state index contributed by atoms with van der Waals surface area (Å²) in [5, 5.41) is 2.77. The van der Waals surface area contributed by atoms with E-state index in [9.17, 15) is 9.59 Å². The fourth-order valence-corrected chi connectivity index (χ4v) is 1.98. The van der Waals surface area contributed by atoms with Crippen molar-refractivity contribution >= 4 is 11.8 Å². The molecule has 0 aromatic rings. The highest BCUT2D eigenvalue weighted by Crippen LogP contribution is 2.05. The summed E-state index contributed by atoms with van der Waals surface area (Å²) in [5.74, 6) is -1.49. The van der Waals surface area contributed by atoms with Gasteiger partial charge in [0.2, 0.25) is 11.8 Å². The molecule has 0 radical (unpaired) electrons. The molecule has 0 aromatic carbocycles. The van der Waals surface area contributed by atoms with Crippen molar-refractivity contribution in [1.82, 2.24) is 10.2 Å². The van der Waals surface area contributed by atoms with Crippen LogP contribution in [-0.2, 0) is 14.3 Å². The molecule has 1 rings (SSSR count). The van der Waals surface area contributed by atoms with Gasteiger partial charge in [-0.3, -0.25) is 14.5 Å². The summed E-state index contributed by atoms with van der Waals surface area (Å²) < 4.78 is 5.24. The van der Waals surface area contributed by atoms with Crippen molar-refractivity contribution in [2.45, 2.75) is 19.8 Å². The number of hydrogen-bond donors (Lipinski definition) is 2. The van der Waals surface area contributed by atoms with E-state index in [4.69, 9.17) is 10.5 Å². The normalized spacial score (nSPS) is 18.3. The molecular formula is C12H23N3O3. The van der Waals surface area contributed by atoms with Gasteiger partial charge < -0.3 is 15.8 Å². The van der Waals surface area contributed by atoms with Crippen molar-refractivity contribution in [3.8, 4) is 0 Å². The van der Waals surface area contributed by atoms with Crippen LogP contribution >= 0.6 is 0 Å². The summed E-state index contributed by atoms with van der Waals surface area (Å²) in [5.41, 5.74) is 5.21. The molecule has 6 heteroatoms. The van der Waals surface area contributed by atoms with Crippen LogP contribution in [0.3, 0.4) is 0 Å². The summed E-state index contributed by atoms with van der Waals surface area (Å²) in [4.78, 5) is 25.1. The van der Waals surface area contributed by atoms with Gasteiger partial charge in [-0.1, -0.05) is 13.3 Å². The number of nitrogens with two attached hydrogens (primary N) is 1. The van der Waals surface area contributed by atoms with E-state index < -0.39 is 11.8 Å². The quantitative estimate of drug-likeness (QED) is 0.593. The predicted octanol–water partition coefficient (Wildman–Crippen LogP) is -0.664. The summed E-state index contributed by atoms with van der Waals surface area (Å²) in [6, 6.07) is 0. The van der Waals surface area contributed by atoms with Gasteiger partial charge in [-0.25, -0.2) is 0 Å². The van der Waals surface area contributed by atoms with Crippen LogP contribution in [0.4, 0.5) is 0 Å². The molecule has 18 heavy (non-hydrogen) atoms. The van der Waals surface area contributed by atoms with E-state index in [0.717, 1.165) is 39.3 Å². The molecule has 3 N–H and O–H groups in total. The Hall–Kier alpha value is -1.14. The van der Waals surface area contributed by atoms with Gasteiger partial charge in [0.15, 0.2) is 0 Å². The van der Waals surface area contributed by atoms with Gasteiger partial charge in [-0.05, 0) is 6.42 Å². The Morgan fingerprint density at radius 3 is 2.61 bits per heavy atom. The topological polar surface area (TPSA) is 84.7 Å². The van der Waals surface area contributed by atoms with Crippen LogP contribution in [0.5, 0.6) is 0 Å². The molecule has 6 nitrogen and oxygen atoms in total. The van der Waals surface area contributed by atoms with E-state index in [2.05, 4.69) is 10.2 Å². The zero-order valence-corrected chi connectivity index (χ0v) is 11.0. The van der Waals surface area contributed by atoms with Gasteiger partial charge in [0.1, 0.15) is 5.92 Å². The predicted molar refractivity (Wildman–Crippen MR) is 67.9 cm³/mol. The van der Waals surface area contributed by atoms with E-state index in [1.165, 1.54) is 0 Å². The highest BCUT2D eigenvalue weighted by atomic mass is 16.5. The van der Waals surface area contributed by atoms with Crippen LogP contribution in [0.1, 0.15) is 19.8 Å². The van der Waals surface area contributed by atoms with E-state index >= 15 is 0 Å². The minimum absolute atomic E-state index is 0.252. The first-order valence-electron chi connectivity index (χ1n) is 6.52. The zero-order valence-electron chi connectivity index (χ0n) is 11.0. The van der Waals surface area contributed by atoms with Crippen molar-refractivity contribution in [3.63, 3.8) is 0 Å². The van der Waals surface area contributed by atoms with Crippen LogP contribution in [0, 0.1) is 5.92 Å². The number of primary amides is 1. The molecule has 1 heterocycles. The maximum absolute atomic E-state index is 11.8. The number of nitrogens with one attached hydrogen (secondary N) is 1. The average Bonchev–Trinajstić information content (AvgIpc) is 2.36. The van der Waals surface area contributed by atoms with E-state index in [1.807, 2.05) is 6.92 Å². The lowest BCUT2D eigenvalue weighted by atomic mass is 10.0. The average molecular weight is 257 g/mol. The van der Waals surface area contributed by atoms with E-state index in [0.29, 0.717) is 13.0 Å². The summed E-state index contributed by atoms with van der Waals surface area (Å²) in [6.45, 7) is 6.53. The third-order valence-corrected chi connectivity index (χ3v) is 3.07. The Balaban J connectivity index is 2.23. The number of carbonyl (C=O) groups excluding carboxylic acids is 2. The Bertz CT molecular complexity index is 278. The maximum atomic E-state index is 11.8. The highest BCUT2D eigenvalue weighted by Gasteiger charge is 2.22. The molecule has 1 fully saturated rings. The second kappa shape index (κ2) is 8.05. The van der Waals surface area contributed by atoms with E-state index in [-0.39, 0.29) is 5.91 Å².